The Morgan fingerprint density at radius 3 is 2.60 bits per heavy atom. The molecule has 0 radical (unpaired) electrons. The van der Waals surface area contributed by atoms with E-state index >= 15 is 0 Å². The molecule has 15 heavy (non-hydrogen) atoms. The van der Waals surface area contributed by atoms with Crippen LogP contribution in [0.5, 0.6) is 0 Å². The number of hydrogen-bond acceptors (Lipinski definition) is 3. The van der Waals surface area contributed by atoms with Crippen molar-refractivity contribution < 1.29 is 4.74 Å². The molecule has 0 bridgehead atoms. The Labute approximate surface area is 94.2 Å². The molecule has 2 unspecified atom stereocenters. The van der Waals surface area contributed by atoms with Crippen LogP contribution in [-0.2, 0) is 4.74 Å². The Morgan fingerprint density at radius 1 is 1.47 bits per heavy atom. The molecule has 0 aromatic rings. The maximum Gasteiger partial charge on any atom is 0.0630 e. The molecule has 90 valence electrons. The van der Waals surface area contributed by atoms with Crippen LogP contribution in [0, 0.1) is 5.92 Å². The quantitative estimate of drug-likeness (QED) is 0.660. The zero-order valence-corrected chi connectivity index (χ0v) is 10.6. The van der Waals surface area contributed by atoms with Gasteiger partial charge in [0.1, 0.15) is 0 Å². The number of nitrogens with one attached hydrogen (secondary N) is 1. The molecule has 0 aromatic heterocycles. The van der Waals surface area contributed by atoms with Crippen molar-refractivity contribution in [2.75, 3.05) is 33.9 Å². The molecule has 1 aliphatic rings. The van der Waals surface area contributed by atoms with Gasteiger partial charge in [0.2, 0.25) is 0 Å². The van der Waals surface area contributed by atoms with E-state index in [1.54, 1.807) is 7.11 Å². The second-order valence-electron chi connectivity index (χ2n) is 4.66. The van der Waals surface area contributed by atoms with Crippen LogP contribution >= 0.6 is 0 Å². The van der Waals surface area contributed by atoms with Crippen molar-refractivity contribution in [1.82, 2.24) is 10.2 Å². The van der Waals surface area contributed by atoms with Crippen LogP contribution in [0.15, 0.2) is 0 Å². The maximum atomic E-state index is 5.29. The summed E-state index contributed by atoms with van der Waals surface area (Å²) in [7, 11) is 4.01. The van der Waals surface area contributed by atoms with Gasteiger partial charge in [0, 0.05) is 25.7 Å². The summed E-state index contributed by atoms with van der Waals surface area (Å²) in [5.41, 5.74) is 0. The topological polar surface area (TPSA) is 24.5 Å². The lowest BCUT2D eigenvalue weighted by atomic mass is 10.1. The fourth-order valence-corrected chi connectivity index (χ4v) is 2.07. The van der Waals surface area contributed by atoms with E-state index in [2.05, 4.69) is 31.1 Å². The first-order valence-corrected chi connectivity index (χ1v) is 6.12. The lowest BCUT2D eigenvalue weighted by Crippen LogP contribution is -2.47. The van der Waals surface area contributed by atoms with Gasteiger partial charge < -0.3 is 10.1 Å². The highest BCUT2D eigenvalue weighted by Gasteiger charge is 2.32. The fourth-order valence-electron chi connectivity index (χ4n) is 2.07. The van der Waals surface area contributed by atoms with Crippen LogP contribution < -0.4 is 5.32 Å². The maximum absolute atomic E-state index is 5.29. The Hall–Kier alpha value is -0.120. The summed E-state index contributed by atoms with van der Waals surface area (Å²) in [5.74, 6) is 0.927. The Kier molecular flexibility index (Phi) is 5.58. The van der Waals surface area contributed by atoms with E-state index in [0.29, 0.717) is 12.1 Å². The Morgan fingerprint density at radius 2 is 2.13 bits per heavy atom. The van der Waals surface area contributed by atoms with Crippen molar-refractivity contribution in [2.45, 2.75) is 38.8 Å². The van der Waals surface area contributed by atoms with Gasteiger partial charge in [-0.1, -0.05) is 6.92 Å². The third kappa shape index (κ3) is 4.09. The van der Waals surface area contributed by atoms with Gasteiger partial charge in [-0.2, -0.15) is 0 Å². The summed E-state index contributed by atoms with van der Waals surface area (Å²) in [6.07, 6.45) is 2.82. The highest BCUT2D eigenvalue weighted by Crippen LogP contribution is 2.35. The predicted molar refractivity (Wildman–Crippen MR) is 64.2 cm³/mol. The van der Waals surface area contributed by atoms with E-state index < -0.39 is 0 Å². The van der Waals surface area contributed by atoms with Crippen molar-refractivity contribution in [3.8, 4) is 0 Å². The molecule has 0 spiro atoms. The van der Waals surface area contributed by atoms with Crippen LogP contribution in [-0.4, -0.2) is 50.8 Å². The minimum Gasteiger partial charge on any atom is -0.383 e. The van der Waals surface area contributed by atoms with Gasteiger partial charge in [-0.25, -0.2) is 0 Å². The van der Waals surface area contributed by atoms with Crippen molar-refractivity contribution >= 4 is 0 Å². The van der Waals surface area contributed by atoms with E-state index in [1.165, 1.54) is 12.8 Å². The first kappa shape index (κ1) is 12.9. The van der Waals surface area contributed by atoms with Gasteiger partial charge in [0.05, 0.1) is 6.61 Å². The summed E-state index contributed by atoms with van der Waals surface area (Å²) >= 11 is 0. The summed E-state index contributed by atoms with van der Waals surface area (Å²) < 4.78 is 5.29. The molecule has 3 nitrogen and oxygen atoms in total. The van der Waals surface area contributed by atoms with Crippen LogP contribution in [0.1, 0.15) is 26.7 Å². The molecule has 1 N–H and O–H groups in total. The van der Waals surface area contributed by atoms with Gasteiger partial charge >= 0.3 is 0 Å². The average Bonchev–Trinajstić information content (AvgIpc) is 3.05. The van der Waals surface area contributed by atoms with Gasteiger partial charge in [0.25, 0.3) is 0 Å². The van der Waals surface area contributed by atoms with E-state index in [1.807, 2.05) is 0 Å². The number of ether oxygens (including phenoxy) is 1. The van der Waals surface area contributed by atoms with E-state index in [9.17, 15) is 0 Å². The molecule has 0 aromatic carbocycles. The van der Waals surface area contributed by atoms with Crippen molar-refractivity contribution in [3.05, 3.63) is 0 Å². The first-order chi connectivity index (χ1) is 7.20. The second-order valence-corrected chi connectivity index (χ2v) is 4.66. The summed E-state index contributed by atoms with van der Waals surface area (Å²) in [5, 5.41) is 3.41. The molecule has 3 heteroatoms. The van der Waals surface area contributed by atoms with Crippen molar-refractivity contribution in [1.29, 1.82) is 0 Å². The largest absolute Gasteiger partial charge is 0.383 e. The monoisotopic (exact) mass is 214 g/mol. The molecule has 0 saturated heterocycles. The lowest BCUT2D eigenvalue weighted by molar-refractivity contribution is 0.0779. The zero-order valence-electron chi connectivity index (χ0n) is 10.6. The third-order valence-electron chi connectivity index (χ3n) is 3.51. The molecule has 1 saturated carbocycles. The van der Waals surface area contributed by atoms with Crippen LogP contribution in [0.3, 0.4) is 0 Å². The summed E-state index contributed by atoms with van der Waals surface area (Å²) in [4.78, 5) is 2.48. The molecule has 1 fully saturated rings. The molecule has 0 heterocycles. The van der Waals surface area contributed by atoms with Gasteiger partial charge in [-0.05, 0) is 39.3 Å². The minimum atomic E-state index is 0.505. The number of rotatable bonds is 8. The summed E-state index contributed by atoms with van der Waals surface area (Å²) in [6, 6.07) is 1.20. The highest BCUT2D eigenvalue weighted by atomic mass is 16.5. The molecular weight excluding hydrogens is 188 g/mol. The Balaban J connectivity index is 2.37. The highest BCUT2D eigenvalue weighted by molar-refractivity contribution is 4.87. The molecule has 1 aliphatic carbocycles. The van der Waals surface area contributed by atoms with Crippen LogP contribution in [0.2, 0.25) is 0 Å². The fraction of sp³-hybridized carbons (Fsp3) is 1.00. The summed E-state index contributed by atoms with van der Waals surface area (Å²) in [6.45, 7) is 7.37. The number of nitrogens with zero attached hydrogens (tertiary/aromatic N) is 1. The van der Waals surface area contributed by atoms with Crippen LogP contribution in [0.25, 0.3) is 0 Å². The molecular formula is C12H26N2O. The van der Waals surface area contributed by atoms with E-state index in [4.69, 9.17) is 4.74 Å². The van der Waals surface area contributed by atoms with Crippen molar-refractivity contribution in [3.63, 3.8) is 0 Å². The lowest BCUT2D eigenvalue weighted by Gasteiger charge is -2.33. The SMILES string of the molecule is CCNCC(COC)N(C)C(C)C1CC1. The molecule has 0 aliphatic heterocycles. The predicted octanol–water partition coefficient (Wildman–Crippen LogP) is 1.34. The average molecular weight is 214 g/mol. The number of likely N-dealkylation sites (N-methyl/N-ethyl adjacent to an activating group) is 2. The van der Waals surface area contributed by atoms with Crippen LogP contribution in [0.4, 0.5) is 0 Å². The second kappa shape index (κ2) is 6.46. The normalized spacial score (nSPS) is 20.6. The zero-order chi connectivity index (χ0) is 11.3. The third-order valence-corrected chi connectivity index (χ3v) is 3.51. The van der Waals surface area contributed by atoms with Crippen molar-refractivity contribution in [2.24, 2.45) is 5.92 Å². The van der Waals surface area contributed by atoms with Gasteiger partial charge in [-0.15, -0.1) is 0 Å². The first-order valence-electron chi connectivity index (χ1n) is 6.12. The molecule has 2 atom stereocenters. The van der Waals surface area contributed by atoms with Gasteiger partial charge in [0.15, 0.2) is 0 Å². The minimum absolute atomic E-state index is 0.505. The Bertz CT molecular complexity index is 171. The number of methoxy groups -OCH3 is 1. The van der Waals surface area contributed by atoms with E-state index in [0.717, 1.165) is 25.6 Å². The smallest absolute Gasteiger partial charge is 0.0630 e. The van der Waals surface area contributed by atoms with Gasteiger partial charge in [-0.3, -0.25) is 4.90 Å². The molecule has 1 rings (SSSR count). The molecule has 0 amide bonds. The van der Waals surface area contributed by atoms with E-state index in [-0.39, 0.29) is 0 Å². The number of hydrogen-bond donors (Lipinski definition) is 1. The standard InChI is InChI=1S/C12H26N2O/c1-5-13-8-12(9-15-4)14(3)10(2)11-6-7-11/h10-13H,5-9H2,1-4H3.